The number of hydrogen-bond acceptors (Lipinski definition) is 2. The molecule has 0 aliphatic heterocycles. The van der Waals surface area contributed by atoms with Crippen LogP contribution in [0.4, 0.5) is 5.69 Å². The fourth-order valence-electron chi connectivity index (χ4n) is 2.57. The molecule has 4 nitrogen and oxygen atoms in total. The van der Waals surface area contributed by atoms with Gasteiger partial charge in [0.15, 0.2) is 0 Å². The third-order valence-corrected chi connectivity index (χ3v) is 4.35. The Balaban J connectivity index is 1.88. The van der Waals surface area contributed by atoms with Gasteiger partial charge >= 0.3 is 0 Å². The number of halogens is 1. The molecule has 0 spiro atoms. The van der Waals surface area contributed by atoms with Crippen LogP contribution in [0, 0.1) is 18.3 Å². The zero-order valence-corrected chi connectivity index (χ0v) is 15.7. The van der Waals surface area contributed by atoms with Crippen LogP contribution in [0.1, 0.15) is 11.3 Å². The number of rotatable bonds is 4. The first-order chi connectivity index (χ1) is 12.6. The second-order valence-corrected chi connectivity index (χ2v) is 6.69. The van der Waals surface area contributed by atoms with Crippen molar-refractivity contribution < 1.29 is 4.79 Å². The van der Waals surface area contributed by atoms with E-state index in [0.29, 0.717) is 5.69 Å². The molecule has 1 heterocycles. The van der Waals surface area contributed by atoms with Crippen molar-refractivity contribution in [3.05, 3.63) is 88.2 Å². The molecule has 0 aliphatic carbocycles. The van der Waals surface area contributed by atoms with E-state index in [0.717, 1.165) is 21.4 Å². The van der Waals surface area contributed by atoms with Gasteiger partial charge in [-0.1, -0.05) is 28.1 Å². The Labute approximate surface area is 160 Å². The van der Waals surface area contributed by atoms with Gasteiger partial charge in [0.25, 0.3) is 5.91 Å². The van der Waals surface area contributed by atoms with Gasteiger partial charge in [0, 0.05) is 27.7 Å². The van der Waals surface area contributed by atoms with Crippen LogP contribution >= 0.6 is 15.9 Å². The maximum absolute atomic E-state index is 12.5. The maximum Gasteiger partial charge on any atom is 0.266 e. The highest BCUT2D eigenvalue weighted by Crippen LogP contribution is 2.19. The first-order valence-corrected chi connectivity index (χ1v) is 8.79. The van der Waals surface area contributed by atoms with Crippen LogP contribution in [-0.4, -0.2) is 10.5 Å². The molecule has 0 aliphatic rings. The molecule has 0 fully saturated rings. The molecular formula is C21H16BrN3O. The van der Waals surface area contributed by atoms with E-state index in [4.69, 9.17) is 0 Å². The largest absolute Gasteiger partial charge is 0.321 e. The summed E-state index contributed by atoms with van der Waals surface area (Å²) in [6, 6.07) is 21.0. The van der Waals surface area contributed by atoms with Crippen LogP contribution < -0.4 is 5.32 Å². The summed E-state index contributed by atoms with van der Waals surface area (Å²) < 4.78 is 2.91. The number of carbonyl (C=O) groups excluding carboxylic acids is 1. The van der Waals surface area contributed by atoms with Crippen molar-refractivity contribution in [3.63, 3.8) is 0 Å². The molecule has 0 atom stereocenters. The number of nitrogens with zero attached hydrogens (tertiary/aromatic N) is 2. The zero-order valence-electron chi connectivity index (χ0n) is 14.1. The van der Waals surface area contributed by atoms with Crippen LogP contribution in [-0.2, 0) is 4.79 Å². The Morgan fingerprint density at radius 3 is 2.62 bits per heavy atom. The summed E-state index contributed by atoms with van der Waals surface area (Å²) in [4.78, 5) is 12.5. The zero-order chi connectivity index (χ0) is 18.5. The summed E-state index contributed by atoms with van der Waals surface area (Å²) in [6.07, 6.45) is 3.48. The molecule has 1 N–H and O–H groups in total. The average Bonchev–Trinajstić information content (AvgIpc) is 3.08. The fraction of sp³-hybridized carbons (Fsp3) is 0.0476. The Hall–Kier alpha value is -3.10. The summed E-state index contributed by atoms with van der Waals surface area (Å²) in [5.74, 6) is -0.429. The van der Waals surface area contributed by atoms with Crippen LogP contribution in [0.3, 0.4) is 0 Å². The number of benzene rings is 2. The van der Waals surface area contributed by atoms with Gasteiger partial charge in [0.05, 0.1) is 0 Å². The smallest absolute Gasteiger partial charge is 0.266 e. The molecule has 0 saturated carbocycles. The number of aromatic nitrogens is 1. The van der Waals surface area contributed by atoms with E-state index < -0.39 is 5.91 Å². The molecule has 0 radical (unpaired) electrons. The number of aryl methyl sites for hydroxylation is 1. The van der Waals surface area contributed by atoms with Crippen LogP contribution in [0.5, 0.6) is 0 Å². The van der Waals surface area contributed by atoms with Crippen molar-refractivity contribution in [1.82, 2.24) is 4.57 Å². The van der Waals surface area contributed by atoms with Crippen LogP contribution in [0.25, 0.3) is 11.8 Å². The monoisotopic (exact) mass is 405 g/mol. The standard InChI is InChI=1S/C21H16BrN3O/c1-15-4-2-5-18(12-15)24-21(26)16(14-23)13-20-6-3-11-25(20)19-9-7-17(22)8-10-19/h2-13H,1H3,(H,24,26)/b16-13-. The predicted molar refractivity (Wildman–Crippen MR) is 107 cm³/mol. The van der Waals surface area contributed by atoms with Crippen molar-refractivity contribution in [2.24, 2.45) is 0 Å². The highest BCUT2D eigenvalue weighted by molar-refractivity contribution is 9.10. The van der Waals surface area contributed by atoms with Crippen molar-refractivity contribution in [1.29, 1.82) is 5.26 Å². The topological polar surface area (TPSA) is 57.8 Å². The lowest BCUT2D eigenvalue weighted by Crippen LogP contribution is -2.13. The molecule has 1 amide bonds. The lowest BCUT2D eigenvalue weighted by molar-refractivity contribution is -0.112. The van der Waals surface area contributed by atoms with Gasteiger partial charge in [-0.25, -0.2) is 0 Å². The van der Waals surface area contributed by atoms with E-state index in [2.05, 4.69) is 21.2 Å². The second-order valence-electron chi connectivity index (χ2n) is 5.77. The predicted octanol–water partition coefficient (Wildman–Crippen LogP) is 5.09. The molecule has 0 saturated heterocycles. The number of amides is 1. The second kappa shape index (κ2) is 7.85. The van der Waals surface area contributed by atoms with E-state index in [1.807, 2.05) is 78.4 Å². The number of nitriles is 1. The van der Waals surface area contributed by atoms with Gasteiger partial charge in [-0.15, -0.1) is 0 Å². The minimum atomic E-state index is -0.429. The molecule has 0 unspecified atom stereocenters. The van der Waals surface area contributed by atoms with Gasteiger partial charge in [-0.3, -0.25) is 4.79 Å². The van der Waals surface area contributed by atoms with Gasteiger partial charge in [-0.05, 0) is 67.1 Å². The van der Waals surface area contributed by atoms with Crippen LogP contribution in [0.15, 0.2) is 76.9 Å². The molecule has 5 heteroatoms. The third-order valence-electron chi connectivity index (χ3n) is 3.82. The fourth-order valence-corrected chi connectivity index (χ4v) is 2.83. The van der Waals surface area contributed by atoms with Crippen molar-refractivity contribution in [3.8, 4) is 11.8 Å². The minimum absolute atomic E-state index is 0.0450. The number of nitrogens with one attached hydrogen (secondary N) is 1. The van der Waals surface area contributed by atoms with Gasteiger partial charge in [-0.2, -0.15) is 5.26 Å². The molecule has 26 heavy (non-hydrogen) atoms. The summed E-state index contributed by atoms with van der Waals surface area (Å²) in [5, 5.41) is 12.2. The molecule has 0 bridgehead atoms. The van der Waals surface area contributed by atoms with Crippen molar-refractivity contribution in [2.45, 2.75) is 6.92 Å². The molecule has 3 rings (SSSR count). The molecule has 3 aromatic rings. The molecular weight excluding hydrogens is 390 g/mol. The Morgan fingerprint density at radius 2 is 1.92 bits per heavy atom. The number of hydrogen-bond donors (Lipinski definition) is 1. The van der Waals surface area contributed by atoms with E-state index in [9.17, 15) is 10.1 Å². The maximum atomic E-state index is 12.5. The first kappa shape index (κ1) is 17.7. The van der Waals surface area contributed by atoms with E-state index in [1.54, 1.807) is 12.1 Å². The van der Waals surface area contributed by atoms with E-state index in [-0.39, 0.29) is 5.57 Å². The first-order valence-electron chi connectivity index (χ1n) is 8.00. The molecule has 1 aromatic heterocycles. The summed E-state index contributed by atoms with van der Waals surface area (Å²) in [5.41, 5.74) is 3.45. The summed E-state index contributed by atoms with van der Waals surface area (Å²) in [7, 11) is 0. The third kappa shape index (κ3) is 4.11. The van der Waals surface area contributed by atoms with Gasteiger partial charge < -0.3 is 9.88 Å². The lowest BCUT2D eigenvalue weighted by Gasteiger charge is -2.08. The molecule has 2 aromatic carbocycles. The number of anilines is 1. The highest BCUT2D eigenvalue weighted by Gasteiger charge is 2.11. The van der Waals surface area contributed by atoms with Gasteiger partial charge in [0.2, 0.25) is 0 Å². The molecule has 128 valence electrons. The Morgan fingerprint density at radius 1 is 1.15 bits per heavy atom. The number of carbonyl (C=O) groups is 1. The van der Waals surface area contributed by atoms with Crippen LogP contribution in [0.2, 0.25) is 0 Å². The SMILES string of the molecule is Cc1cccc(NC(=O)/C(C#N)=C\c2cccn2-c2ccc(Br)cc2)c1. The quantitative estimate of drug-likeness (QED) is 0.485. The van der Waals surface area contributed by atoms with E-state index >= 15 is 0 Å². The van der Waals surface area contributed by atoms with Crippen molar-refractivity contribution >= 4 is 33.6 Å². The summed E-state index contributed by atoms with van der Waals surface area (Å²) >= 11 is 3.42. The minimum Gasteiger partial charge on any atom is -0.321 e. The Kier molecular flexibility index (Phi) is 5.35. The lowest BCUT2D eigenvalue weighted by atomic mass is 10.2. The normalized spacial score (nSPS) is 11.0. The summed E-state index contributed by atoms with van der Waals surface area (Å²) in [6.45, 7) is 1.95. The van der Waals surface area contributed by atoms with E-state index in [1.165, 1.54) is 0 Å². The highest BCUT2D eigenvalue weighted by atomic mass is 79.9. The Bertz CT molecular complexity index is 1010. The van der Waals surface area contributed by atoms with Crippen molar-refractivity contribution in [2.75, 3.05) is 5.32 Å². The average molecular weight is 406 g/mol. The van der Waals surface area contributed by atoms with Gasteiger partial charge in [0.1, 0.15) is 11.6 Å².